The normalized spacial score (nSPS) is 10.5. The summed E-state index contributed by atoms with van der Waals surface area (Å²) < 4.78 is 0. The fourth-order valence-corrected chi connectivity index (χ4v) is 3.36. The van der Waals surface area contributed by atoms with Gasteiger partial charge in [0.25, 0.3) is 0 Å². The predicted molar refractivity (Wildman–Crippen MR) is 98.2 cm³/mol. The number of carboxylic acids is 1. The number of anilines is 1. The Bertz CT molecular complexity index is 860. The van der Waals surface area contributed by atoms with Crippen LogP contribution in [0.15, 0.2) is 82.6 Å². The Labute approximate surface area is 145 Å². The lowest BCUT2D eigenvalue weighted by Gasteiger charge is -2.06. The zero-order valence-electron chi connectivity index (χ0n) is 13.0. The minimum atomic E-state index is -0.816. The van der Waals surface area contributed by atoms with Gasteiger partial charge in [-0.3, -0.25) is 4.79 Å². The molecule has 0 heterocycles. The van der Waals surface area contributed by atoms with Crippen LogP contribution in [0, 0.1) is 0 Å². The number of nitrogen functional groups attached to an aromatic ring is 1. The van der Waals surface area contributed by atoms with Crippen LogP contribution in [0.2, 0.25) is 0 Å². The van der Waals surface area contributed by atoms with E-state index in [9.17, 15) is 4.79 Å². The fraction of sp³-hybridized carbons (Fsp3) is 0.0500. The van der Waals surface area contributed by atoms with E-state index in [2.05, 4.69) is 24.3 Å². The third-order valence-electron chi connectivity index (χ3n) is 3.56. The number of aliphatic carboxylic acids is 1. The van der Waals surface area contributed by atoms with Crippen LogP contribution in [0.4, 0.5) is 5.69 Å². The topological polar surface area (TPSA) is 63.3 Å². The van der Waals surface area contributed by atoms with Crippen LogP contribution in [0.25, 0.3) is 11.1 Å². The Morgan fingerprint density at radius 2 is 1.62 bits per heavy atom. The Kier molecular flexibility index (Phi) is 4.87. The average Bonchev–Trinajstić information content (AvgIpc) is 2.55. The Balaban J connectivity index is 1.76. The molecule has 0 aliphatic heterocycles. The van der Waals surface area contributed by atoms with Crippen molar-refractivity contribution < 1.29 is 9.90 Å². The van der Waals surface area contributed by atoms with Crippen molar-refractivity contribution in [3.63, 3.8) is 0 Å². The van der Waals surface area contributed by atoms with Gasteiger partial charge in [-0.1, -0.05) is 48.2 Å². The Morgan fingerprint density at radius 3 is 2.33 bits per heavy atom. The summed E-state index contributed by atoms with van der Waals surface area (Å²) in [4.78, 5) is 13.0. The fourth-order valence-electron chi connectivity index (χ4n) is 2.46. The minimum absolute atomic E-state index is 0.0444. The summed E-state index contributed by atoms with van der Waals surface area (Å²) in [5, 5.41) is 8.89. The van der Waals surface area contributed by atoms with Crippen molar-refractivity contribution in [1.82, 2.24) is 0 Å². The largest absolute Gasteiger partial charge is 0.481 e. The van der Waals surface area contributed by atoms with Crippen molar-refractivity contribution in [2.75, 3.05) is 5.73 Å². The standard InChI is InChI=1S/C20H17NO2S/c21-17-5-2-4-16(13-17)15-7-9-18(10-8-15)24-19-6-1-3-14(11-19)12-20(22)23/h1-11,13H,12,21H2,(H,22,23). The SMILES string of the molecule is Nc1cccc(-c2ccc(Sc3cccc(CC(=O)O)c3)cc2)c1. The molecule has 0 atom stereocenters. The maximum Gasteiger partial charge on any atom is 0.307 e. The summed E-state index contributed by atoms with van der Waals surface area (Å²) in [6.45, 7) is 0. The molecule has 0 saturated heterocycles. The van der Waals surface area contributed by atoms with Crippen molar-refractivity contribution in [2.24, 2.45) is 0 Å². The van der Waals surface area contributed by atoms with E-state index in [0.29, 0.717) is 0 Å². The van der Waals surface area contributed by atoms with Gasteiger partial charge in [-0.15, -0.1) is 0 Å². The van der Waals surface area contributed by atoms with Gasteiger partial charge >= 0.3 is 5.97 Å². The third-order valence-corrected chi connectivity index (χ3v) is 4.56. The molecule has 3 rings (SSSR count). The van der Waals surface area contributed by atoms with Gasteiger partial charge in [0.2, 0.25) is 0 Å². The maximum absolute atomic E-state index is 10.8. The molecular weight excluding hydrogens is 318 g/mol. The molecule has 120 valence electrons. The van der Waals surface area contributed by atoms with E-state index in [1.165, 1.54) is 0 Å². The van der Waals surface area contributed by atoms with Crippen molar-refractivity contribution in [1.29, 1.82) is 0 Å². The minimum Gasteiger partial charge on any atom is -0.481 e. The average molecular weight is 335 g/mol. The summed E-state index contributed by atoms with van der Waals surface area (Å²) in [6.07, 6.45) is 0.0444. The van der Waals surface area contributed by atoms with Gasteiger partial charge < -0.3 is 10.8 Å². The monoisotopic (exact) mass is 335 g/mol. The molecule has 3 N–H and O–H groups in total. The molecule has 3 nitrogen and oxygen atoms in total. The van der Waals surface area contributed by atoms with Gasteiger partial charge in [-0.2, -0.15) is 0 Å². The maximum atomic E-state index is 10.8. The van der Waals surface area contributed by atoms with Crippen LogP contribution in [0.1, 0.15) is 5.56 Å². The highest BCUT2D eigenvalue weighted by molar-refractivity contribution is 7.99. The van der Waals surface area contributed by atoms with E-state index < -0.39 is 5.97 Å². The lowest BCUT2D eigenvalue weighted by Crippen LogP contribution is -1.99. The van der Waals surface area contributed by atoms with Crippen molar-refractivity contribution in [3.8, 4) is 11.1 Å². The van der Waals surface area contributed by atoms with E-state index >= 15 is 0 Å². The summed E-state index contributed by atoms with van der Waals surface area (Å²) in [7, 11) is 0. The van der Waals surface area contributed by atoms with Gasteiger partial charge in [-0.25, -0.2) is 0 Å². The van der Waals surface area contributed by atoms with Crippen LogP contribution in [-0.4, -0.2) is 11.1 Å². The molecule has 0 aromatic heterocycles. The van der Waals surface area contributed by atoms with Gasteiger partial charge in [0.05, 0.1) is 6.42 Å². The number of nitrogens with two attached hydrogens (primary N) is 1. The lowest BCUT2D eigenvalue weighted by molar-refractivity contribution is -0.136. The molecule has 0 aliphatic carbocycles. The first-order chi connectivity index (χ1) is 11.6. The number of hydrogen-bond acceptors (Lipinski definition) is 3. The first kappa shape index (κ1) is 16.1. The predicted octanol–water partition coefficient (Wildman–Crippen LogP) is 4.71. The van der Waals surface area contributed by atoms with Crippen molar-refractivity contribution in [2.45, 2.75) is 16.2 Å². The smallest absolute Gasteiger partial charge is 0.307 e. The van der Waals surface area contributed by atoms with Gasteiger partial charge in [-0.05, 0) is 53.1 Å². The van der Waals surface area contributed by atoms with Crippen LogP contribution in [0.3, 0.4) is 0 Å². The quantitative estimate of drug-likeness (QED) is 0.663. The molecular formula is C20H17NO2S. The van der Waals surface area contributed by atoms with Crippen LogP contribution in [-0.2, 0) is 11.2 Å². The van der Waals surface area contributed by atoms with E-state index in [4.69, 9.17) is 10.8 Å². The second kappa shape index (κ2) is 7.23. The zero-order valence-corrected chi connectivity index (χ0v) is 13.8. The van der Waals surface area contributed by atoms with E-state index in [1.54, 1.807) is 11.8 Å². The summed E-state index contributed by atoms with van der Waals surface area (Å²) in [5.41, 5.74) is 9.60. The Hall–Kier alpha value is -2.72. The molecule has 0 radical (unpaired) electrons. The number of hydrogen-bond donors (Lipinski definition) is 2. The van der Waals surface area contributed by atoms with Crippen LogP contribution < -0.4 is 5.73 Å². The first-order valence-corrected chi connectivity index (χ1v) is 8.36. The highest BCUT2D eigenvalue weighted by Crippen LogP contribution is 2.30. The molecule has 4 heteroatoms. The van der Waals surface area contributed by atoms with Gasteiger partial charge in [0.1, 0.15) is 0 Å². The van der Waals surface area contributed by atoms with Crippen molar-refractivity contribution >= 4 is 23.4 Å². The number of carboxylic acid groups (broad SMARTS) is 1. The van der Waals surface area contributed by atoms with Crippen molar-refractivity contribution in [3.05, 3.63) is 78.4 Å². The summed E-state index contributed by atoms with van der Waals surface area (Å²) in [6, 6.07) is 23.7. The van der Waals surface area contributed by atoms with E-state index in [1.807, 2.05) is 48.5 Å². The highest BCUT2D eigenvalue weighted by Gasteiger charge is 2.04. The molecule has 0 bridgehead atoms. The molecule has 0 fully saturated rings. The third kappa shape index (κ3) is 4.18. The Morgan fingerprint density at radius 1 is 0.875 bits per heavy atom. The molecule has 0 unspecified atom stereocenters. The zero-order chi connectivity index (χ0) is 16.9. The van der Waals surface area contributed by atoms with Crippen LogP contribution >= 0.6 is 11.8 Å². The second-order valence-corrected chi connectivity index (χ2v) is 6.62. The number of carbonyl (C=O) groups is 1. The first-order valence-electron chi connectivity index (χ1n) is 7.55. The summed E-state index contributed by atoms with van der Waals surface area (Å²) >= 11 is 1.62. The molecule has 24 heavy (non-hydrogen) atoms. The van der Waals surface area contributed by atoms with E-state index in [-0.39, 0.29) is 6.42 Å². The van der Waals surface area contributed by atoms with Gasteiger partial charge in [0.15, 0.2) is 0 Å². The van der Waals surface area contributed by atoms with Gasteiger partial charge in [0, 0.05) is 15.5 Å². The van der Waals surface area contributed by atoms with E-state index in [0.717, 1.165) is 32.2 Å². The molecule has 0 spiro atoms. The molecule has 3 aromatic rings. The second-order valence-electron chi connectivity index (χ2n) is 5.47. The molecule has 3 aromatic carbocycles. The number of benzene rings is 3. The molecule has 0 saturated carbocycles. The molecule has 0 aliphatic rings. The summed E-state index contributed by atoms with van der Waals surface area (Å²) in [5.74, 6) is -0.816. The molecule has 0 amide bonds. The highest BCUT2D eigenvalue weighted by atomic mass is 32.2. The number of rotatable bonds is 5. The van der Waals surface area contributed by atoms with Crippen LogP contribution in [0.5, 0.6) is 0 Å². The lowest BCUT2D eigenvalue weighted by atomic mass is 10.1.